The number of ether oxygens (including phenoxy) is 1. The lowest BCUT2D eigenvalue weighted by Crippen LogP contribution is -3.13. The minimum Gasteiger partial charge on any atom is -0.497 e. The molecule has 0 spiro atoms. The van der Waals surface area contributed by atoms with Crippen LogP contribution in [0.4, 0.5) is 5.69 Å². The van der Waals surface area contributed by atoms with E-state index < -0.39 is 0 Å². The monoisotopic (exact) mass is 351 g/mol. The summed E-state index contributed by atoms with van der Waals surface area (Å²) < 4.78 is 10.6. The number of quaternary nitrogens is 1. The summed E-state index contributed by atoms with van der Waals surface area (Å²) in [6, 6.07) is 17.8. The lowest BCUT2D eigenvalue weighted by atomic mass is 10.1. The molecule has 5 nitrogen and oxygen atoms in total. The maximum Gasteiger partial charge on any atom is 0.336 e. The van der Waals surface area contributed by atoms with Gasteiger partial charge in [0.15, 0.2) is 0 Å². The number of nitrogens with zero attached hydrogens (tertiary/aromatic N) is 1. The average Bonchev–Trinajstić information content (AvgIpc) is 2.68. The van der Waals surface area contributed by atoms with Crippen LogP contribution in [0.15, 0.2) is 63.8 Å². The minimum atomic E-state index is -0.303. The summed E-state index contributed by atoms with van der Waals surface area (Å²) in [5.41, 5.74) is 2.61. The fourth-order valence-corrected chi connectivity index (χ4v) is 3.65. The van der Waals surface area contributed by atoms with Gasteiger partial charge in [0.25, 0.3) is 0 Å². The highest BCUT2D eigenvalue weighted by molar-refractivity contribution is 5.81. The zero-order chi connectivity index (χ0) is 17.9. The van der Waals surface area contributed by atoms with Gasteiger partial charge in [-0.1, -0.05) is 18.2 Å². The molecule has 2 heterocycles. The molecule has 0 amide bonds. The maximum atomic E-state index is 12.0. The van der Waals surface area contributed by atoms with Crippen molar-refractivity contribution < 1.29 is 14.1 Å². The molecular weight excluding hydrogens is 328 g/mol. The molecule has 0 atom stereocenters. The Hall–Kier alpha value is -2.79. The first-order valence-electron chi connectivity index (χ1n) is 8.97. The molecule has 0 bridgehead atoms. The van der Waals surface area contributed by atoms with Crippen LogP contribution >= 0.6 is 0 Å². The summed E-state index contributed by atoms with van der Waals surface area (Å²) in [7, 11) is 1.61. The quantitative estimate of drug-likeness (QED) is 0.727. The molecule has 2 aromatic carbocycles. The normalized spacial score (nSPS) is 15.3. The van der Waals surface area contributed by atoms with Gasteiger partial charge >= 0.3 is 5.63 Å². The molecule has 1 fully saturated rings. The predicted molar refractivity (Wildman–Crippen MR) is 102 cm³/mol. The summed E-state index contributed by atoms with van der Waals surface area (Å²) in [4.78, 5) is 15.9. The third-order valence-electron chi connectivity index (χ3n) is 5.07. The summed E-state index contributed by atoms with van der Waals surface area (Å²) in [5.74, 6) is 0.696. The third-order valence-corrected chi connectivity index (χ3v) is 5.07. The predicted octanol–water partition coefficient (Wildman–Crippen LogP) is 1.71. The van der Waals surface area contributed by atoms with E-state index in [1.165, 1.54) is 10.6 Å². The van der Waals surface area contributed by atoms with Gasteiger partial charge in [-0.15, -0.1) is 0 Å². The van der Waals surface area contributed by atoms with Gasteiger partial charge in [-0.25, -0.2) is 4.79 Å². The van der Waals surface area contributed by atoms with Crippen LogP contribution in [0.2, 0.25) is 0 Å². The second-order valence-electron chi connectivity index (χ2n) is 6.70. The number of nitrogens with one attached hydrogen (secondary N) is 1. The number of benzene rings is 2. The molecule has 1 N–H and O–H groups in total. The van der Waals surface area contributed by atoms with Crippen molar-refractivity contribution in [2.24, 2.45) is 0 Å². The topological polar surface area (TPSA) is 47.1 Å². The number of rotatable bonds is 4. The second-order valence-corrected chi connectivity index (χ2v) is 6.70. The van der Waals surface area contributed by atoms with E-state index in [9.17, 15) is 4.79 Å². The van der Waals surface area contributed by atoms with Crippen molar-refractivity contribution in [3.8, 4) is 5.75 Å². The lowest BCUT2D eigenvalue weighted by Gasteiger charge is -2.33. The first kappa shape index (κ1) is 16.7. The van der Waals surface area contributed by atoms with Crippen molar-refractivity contribution in [3.05, 3.63) is 70.6 Å². The van der Waals surface area contributed by atoms with E-state index in [0.717, 1.165) is 43.7 Å². The number of hydrogen-bond donors (Lipinski definition) is 1. The van der Waals surface area contributed by atoms with Gasteiger partial charge in [0.2, 0.25) is 0 Å². The van der Waals surface area contributed by atoms with E-state index >= 15 is 0 Å². The molecule has 0 aliphatic carbocycles. The molecule has 3 aromatic rings. The standard InChI is InChI=1S/C21H22N2O3/c1-25-18-7-8-19-16(13-21(24)26-20(19)14-18)15-22-9-11-23(12-10-22)17-5-3-2-4-6-17/h2-8,13-14H,9-12,15H2,1H3/p+1. The molecule has 1 aliphatic rings. The Kier molecular flexibility index (Phi) is 4.63. The van der Waals surface area contributed by atoms with Gasteiger partial charge in [-0.05, 0) is 24.3 Å². The molecular formula is C21H23N2O3+. The van der Waals surface area contributed by atoms with E-state index in [1.54, 1.807) is 19.2 Å². The first-order valence-corrected chi connectivity index (χ1v) is 8.97. The second kappa shape index (κ2) is 7.22. The van der Waals surface area contributed by atoms with Crippen molar-refractivity contribution in [3.63, 3.8) is 0 Å². The molecule has 5 heteroatoms. The minimum absolute atomic E-state index is 0.303. The van der Waals surface area contributed by atoms with E-state index in [1.807, 2.05) is 18.2 Å². The Morgan fingerprint density at radius 3 is 2.58 bits per heavy atom. The van der Waals surface area contributed by atoms with Crippen LogP contribution < -0.4 is 20.2 Å². The van der Waals surface area contributed by atoms with Crippen molar-refractivity contribution in [1.82, 2.24) is 0 Å². The highest BCUT2D eigenvalue weighted by Crippen LogP contribution is 2.22. The number of hydrogen-bond acceptors (Lipinski definition) is 4. The van der Waals surface area contributed by atoms with Crippen LogP contribution in [0.5, 0.6) is 5.75 Å². The van der Waals surface area contributed by atoms with Gasteiger partial charge in [0.1, 0.15) is 17.9 Å². The van der Waals surface area contributed by atoms with E-state index in [0.29, 0.717) is 11.3 Å². The molecule has 0 saturated carbocycles. The summed E-state index contributed by atoms with van der Waals surface area (Å²) in [5, 5.41) is 0.989. The van der Waals surface area contributed by atoms with Crippen LogP contribution in [0, 0.1) is 0 Å². The van der Waals surface area contributed by atoms with Crippen LogP contribution in [0.25, 0.3) is 11.0 Å². The van der Waals surface area contributed by atoms with Gasteiger partial charge in [0, 0.05) is 28.8 Å². The Morgan fingerprint density at radius 1 is 1.08 bits per heavy atom. The zero-order valence-electron chi connectivity index (χ0n) is 14.9. The SMILES string of the molecule is COc1ccc2c(C[NH+]3CCN(c4ccccc4)CC3)cc(=O)oc2c1. The summed E-state index contributed by atoms with van der Waals surface area (Å²) in [6.07, 6.45) is 0. The molecule has 0 radical (unpaired) electrons. The molecule has 26 heavy (non-hydrogen) atoms. The Labute approximate surface area is 152 Å². The number of fused-ring (bicyclic) bond motifs is 1. The van der Waals surface area contributed by atoms with E-state index in [2.05, 4.69) is 29.2 Å². The van der Waals surface area contributed by atoms with Crippen molar-refractivity contribution >= 4 is 16.7 Å². The Morgan fingerprint density at radius 2 is 1.85 bits per heavy atom. The fraction of sp³-hybridized carbons (Fsp3) is 0.286. The fourth-order valence-electron chi connectivity index (χ4n) is 3.65. The highest BCUT2D eigenvalue weighted by atomic mass is 16.5. The lowest BCUT2D eigenvalue weighted by molar-refractivity contribution is -0.914. The smallest absolute Gasteiger partial charge is 0.336 e. The van der Waals surface area contributed by atoms with Crippen LogP contribution in [-0.2, 0) is 6.54 Å². The largest absolute Gasteiger partial charge is 0.497 e. The van der Waals surface area contributed by atoms with Crippen molar-refractivity contribution in [1.29, 1.82) is 0 Å². The van der Waals surface area contributed by atoms with Gasteiger partial charge < -0.3 is 19.0 Å². The summed E-state index contributed by atoms with van der Waals surface area (Å²) in [6.45, 7) is 4.97. The number of para-hydroxylation sites is 1. The average molecular weight is 351 g/mol. The number of anilines is 1. The Balaban J connectivity index is 1.51. The number of piperazine rings is 1. The number of methoxy groups -OCH3 is 1. The molecule has 4 rings (SSSR count). The summed E-state index contributed by atoms with van der Waals surface area (Å²) >= 11 is 0. The van der Waals surface area contributed by atoms with Gasteiger partial charge in [-0.3, -0.25) is 0 Å². The van der Waals surface area contributed by atoms with Gasteiger partial charge in [0.05, 0.1) is 33.3 Å². The van der Waals surface area contributed by atoms with Crippen LogP contribution in [0.3, 0.4) is 0 Å². The van der Waals surface area contributed by atoms with Gasteiger partial charge in [-0.2, -0.15) is 0 Å². The first-order chi connectivity index (χ1) is 12.7. The molecule has 1 aliphatic heterocycles. The molecule has 1 aromatic heterocycles. The van der Waals surface area contributed by atoms with Crippen LogP contribution in [-0.4, -0.2) is 33.3 Å². The van der Waals surface area contributed by atoms with Crippen molar-refractivity contribution in [2.75, 3.05) is 38.2 Å². The zero-order valence-corrected chi connectivity index (χ0v) is 14.9. The highest BCUT2D eigenvalue weighted by Gasteiger charge is 2.21. The van der Waals surface area contributed by atoms with Crippen molar-refractivity contribution in [2.45, 2.75) is 6.54 Å². The molecule has 0 unspecified atom stereocenters. The Bertz CT molecular complexity index is 944. The van der Waals surface area contributed by atoms with Crippen LogP contribution in [0.1, 0.15) is 5.56 Å². The third kappa shape index (κ3) is 3.44. The van der Waals surface area contributed by atoms with E-state index in [4.69, 9.17) is 9.15 Å². The maximum absolute atomic E-state index is 12.0. The molecule has 134 valence electrons. The van der Waals surface area contributed by atoms with E-state index in [-0.39, 0.29) is 5.63 Å². The molecule has 1 saturated heterocycles.